The summed E-state index contributed by atoms with van der Waals surface area (Å²) >= 11 is 0. The molecule has 0 aromatic rings. The normalized spacial score (nSPS) is 14.4. The molecule has 2 heteroatoms. The maximum Gasteiger partial charge on any atom is 0.0631 e. The Morgan fingerprint density at radius 2 is 1.25 bits per heavy atom. The monoisotopic (exact) mass is 285 g/mol. The first-order valence-electron chi connectivity index (χ1n) is 9.05. The molecule has 0 heterocycles. The number of rotatable bonds is 15. The van der Waals surface area contributed by atoms with Gasteiger partial charge in [0.1, 0.15) is 0 Å². The molecule has 2 nitrogen and oxygen atoms in total. The summed E-state index contributed by atoms with van der Waals surface area (Å²) in [6, 6.07) is 0. The predicted octanol–water partition coefficient (Wildman–Crippen LogP) is 5.05. The first kappa shape index (κ1) is 19.9. The van der Waals surface area contributed by atoms with Crippen molar-refractivity contribution < 1.29 is 5.11 Å². The van der Waals surface area contributed by atoms with Crippen LogP contribution in [0.15, 0.2) is 0 Å². The fourth-order valence-electron chi connectivity index (χ4n) is 2.65. The summed E-state index contributed by atoms with van der Waals surface area (Å²) in [5.41, 5.74) is -0.470. The minimum absolute atomic E-state index is 0.470. The van der Waals surface area contributed by atoms with Crippen LogP contribution in [-0.4, -0.2) is 23.8 Å². The molecule has 0 aliphatic heterocycles. The van der Waals surface area contributed by atoms with Crippen molar-refractivity contribution in [2.45, 2.75) is 103 Å². The van der Waals surface area contributed by atoms with Gasteiger partial charge in [0.25, 0.3) is 0 Å². The zero-order chi connectivity index (χ0) is 15.1. The van der Waals surface area contributed by atoms with Gasteiger partial charge in [-0.15, -0.1) is 0 Å². The van der Waals surface area contributed by atoms with Crippen molar-refractivity contribution in [1.29, 1.82) is 0 Å². The zero-order valence-electron chi connectivity index (χ0n) is 14.3. The molecule has 0 saturated carbocycles. The van der Waals surface area contributed by atoms with Crippen LogP contribution < -0.4 is 5.32 Å². The Kier molecular flexibility index (Phi) is 13.8. The van der Waals surface area contributed by atoms with E-state index >= 15 is 0 Å². The summed E-state index contributed by atoms with van der Waals surface area (Å²) in [6.45, 7) is 8.29. The van der Waals surface area contributed by atoms with Crippen molar-refractivity contribution in [3.05, 3.63) is 0 Å². The lowest BCUT2D eigenvalue weighted by atomic mass is 9.94. The molecule has 2 N–H and O–H groups in total. The van der Waals surface area contributed by atoms with Gasteiger partial charge in [0.05, 0.1) is 5.60 Å². The van der Waals surface area contributed by atoms with Gasteiger partial charge in [0.2, 0.25) is 0 Å². The second-order valence-electron chi connectivity index (χ2n) is 6.53. The third kappa shape index (κ3) is 14.3. The van der Waals surface area contributed by atoms with Crippen LogP contribution in [0.3, 0.4) is 0 Å². The summed E-state index contributed by atoms with van der Waals surface area (Å²) in [5.74, 6) is 0. The lowest BCUT2D eigenvalue weighted by Gasteiger charge is -2.23. The van der Waals surface area contributed by atoms with Gasteiger partial charge in [0.15, 0.2) is 0 Å². The lowest BCUT2D eigenvalue weighted by molar-refractivity contribution is 0.0397. The molecule has 0 radical (unpaired) electrons. The standard InChI is InChI=1S/C18H39NO/c1-4-6-7-8-9-10-11-12-13-14-15-18(3,20)16-17-19-5-2/h19-20H,4-17H2,1-3H3. The van der Waals surface area contributed by atoms with E-state index in [-0.39, 0.29) is 0 Å². The molecule has 1 unspecified atom stereocenters. The number of nitrogens with one attached hydrogen (secondary N) is 1. The highest BCUT2D eigenvalue weighted by molar-refractivity contribution is 4.73. The summed E-state index contributed by atoms with van der Waals surface area (Å²) < 4.78 is 0. The Bertz CT molecular complexity index is 192. The van der Waals surface area contributed by atoms with Crippen LogP contribution in [0.5, 0.6) is 0 Å². The molecule has 0 aromatic carbocycles. The van der Waals surface area contributed by atoms with E-state index in [2.05, 4.69) is 19.2 Å². The van der Waals surface area contributed by atoms with Crippen molar-refractivity contribution in [2.24, 2.45) is 0 Å². The molecule has 0 aliphatic carbocycles. The minimum atomic E-state index is -0.470. The largest absolute Gasteiger partial charge is 0.390 e. The second-order valence-corrected chi connectivity index (χ2v) is 6.53. The zero-order valence-corrected chi connectivity index (χ0v) is 14.3. The van der Waals surface area contributed by atoms with E-state index in [0.717, 1.165) is 25.9 Å². The van der Waals surface area contributed by atoms with Crippen LogP contribution in [0.25, 0.3) is 0 Å². The van der Waals surface area contributed by atoms with Crippen molar-refractivity contribution >= 4 is 0 Å². The Hall–Kier alpha value is -0.0800. The Labute approximate surface area is 127 Å². The van der Waals surface area contributed by atoms with Crippen LogP contribution in [0.2, 0.25) is 0 Å². The fourth-order valence-corrected chi connectivity index (χ4v) is 2.65. The molecule has 0 fully saturated rings. The molecule has 20 heavy (non-hydrogen) atoms. The van der Waals surface area contributed by atoms with E-state index in [1.165, 1.54) is 64.2 Å². The summed E-state index contributed by atoms with van der Waals surface area (Å²) in [4.78, 5) is 0. The molecule has 0 bridgehead atoms. The van der Waals surface area contributed by atoms with Crippen LogP contribution >= 0.6 is 0 Å². The van der Waals surface area contributed by atoms with E-state index in [0.29, 0.717) is 0 Å². The first-order chi connectivity index (χ1) is 9.62. The fraction of sp³-hybridized carbons (Fsp3) is 1.00. The summed E-state index contributed by atoms with van der Waals surface area (Å²) in [7, 11) is 0. The van der Waals surface area contributed by atoms with E-state index in [1.54, 1.807) is 0 Å². The van der Waals surface area contributed by atoms with Gasteiger partial charge < -0.3 is 10.4 Å². The molecule has 1 atom stereocenters. The summed E-state index contributed by atoms with van der Waals surface area (Å²) in [6.07, 6.45) is 15.4. The van der Waals surface area contributed by atoms with Crippen LogP contribution in [0, 0.1) is 0 Å². The SMILES string of the molecule is CCCCCCCCCCCCC(C)(O)CCNCC. The van der Waals surface area contributed by atoms with Gasteiger partial charge in [-0.1, -0.05) is 78.1 Å². The smallest absolute Gasteiger partial charge is 0.0631 e. The molecule has 0 aromatic heterocycles. The Morgan fingerprint density at radius 3 is 1.75 bits per heavy atom. The molecule has 0 aliphatic rings. The third-order valence-electron chi connectivity index (χ3n) is 4.16. The highest BCUT2D eigenvalue weighted by Gasteiger charge is 2.18. The molecule has 0 spiro atoms. The van der Waals surface area contributed by atoms with Gasteiger partial charge >= 0.3 is 0 Å². The van der Waals surface area contributed by atoms with Gasteiger partial charge in [-0.3, -0.25) is 0 Å². The number of unbranched alkanes of at least 4 members (excludes halogenated alkanes) is 9. The third-order valence-corrected chi connectivity index (χ3v) is 4.16. The minimum Gasteiger partial charge on any atom is -0.390 e. The van der Waals surface area contributed by atoms with Gasteiger partial charge in [0, 0.05) is 0 Å². The highest BCUT2D eigenvalue weighted by atomic mass is 16.3. The Morgan fingerprint density at radius 1 is 0.750 bits per heavy atom. The summed E-state index contributed by atoms with van der Waals surface area (Å²) in [5, 5.41) is 13.5. The number of aliphatic hydroxyl groups is 1. The van der Waals surface area contributed by atoms with E-state index in [1.807, 2.05) is 6.92 Å². The topological polar surface area (TPSA) is 32.3 Å². The van der Waals surface area contributed by atoms with Crippen molar-refractivity contribution in [1.82, 2.24) is 5.32 Å². The lowest BCUT2D eigenvalue weighted by Crippen LogP contribution is -2.29. The first-order valence-corrected chi connectivity index (χ1v) is 9.05. The van der Waals surface area contributed by atoms with Crippen LogP contribution in [0.4, 0.5) is 0 Å². The Balaban J connectivity index is 3.25. The maximum atomic E-state index is 10.2. The second kappa shape index (κ2) is 13.9. The molecule has 0 rings (SSSR count). The van der Waals surface area contributed by atoms with E-state index < -0.39 is 5.60 Å². The van der Waals surface area contributed by atoms with Crippen LogP contribution in [-0.2, 0) is 0 Å². The molecule has 122 valence electrons. The maximum absolute atomic E-state index is 10.2. The molecule has 0 amide bonds. The number of hydrogen-bond donors (Lipinski definition) is 2. The number of hydrogen-bond acceptors (Lipinski definition) is 2. The van der Waals surface area contributed by atoms with Crippen molar-refractivity contribution in [3.63, 3.8) is 0 Å². The van der Waals surface area contributed by atoms with Gasteiger partial charge in [-0.25, -0.2) is 0 Å². The van der Waals surface area contributed by atoms with E-state index in [9.17, 15) is 5.11 Å². The van der Waals surface area contributed by atoms with Crippen molar-refractivity contribution in [2.75, 3.05) is 13.1 Å². The quantitative estimate of drug-likeness (QED) is 0.413. The molecular weight excluding hydrogens is 246 g/mol. The van der Waals surface area contributed by atoms with Gasteiger partial charge in [-0.2, -0.15) is 0 Å². The molecular formula is C18H39NO. The van der Waals surface area contributed by atoms with Crippen LogP contribution in [0.1, 0.15) is 97.8 Å². The average molecular weight is 286 g/mol. The average Bonchev–Trinajstić information content (AvgIpc) is 2.41. The van der Waals surface area contributed by atoms with E-state index in [4.69, 9.17) is 0 Å². The van der Waals surface area contributed by atoms with Crippen molar-refractivity contribution in [3.8, 4) is 0 Å². The van der Waals surface area contributed by atoms with Gasteiger partial charge in [-0.05, 0) is 32.9 Å². The molecule has 0 saturated heterocycles. The predicted molar refractivity (Wildman–Crippen MR) is 90.2 cm³/mol. The highest BCUT2D eigenvalue weighted by Crippen LogP contribution is 2.19.